The minimum Gasteiger partial charge on any atom is -0.448 e. The van der Waals surface area contributed by atoms with Crippen molar-refractivity contribution in [2.45, 2.75) is 39.3 Å². The van der Waals surface area contributed by atoms with Crippen LogP contribution >= 0.6 is 0 Å². The Morgan fingerprint density at radius 1 is 1.44 bits per heavy atom. The highest BCUT2D eigenvalue weighted by atomic mass is 32.2. The third-order valence-corrected chi connectivity index (χ3v) is 6.48. The molecule has 2 aromatic rings. The molecule has 27 heavy (non-hydrogen) atoms. The molecule has 3 rings (SSSR count). The van der Waals surface area contributed by atoms with Gasteiger partial charge in [0.1, 0.15) is 5.65 Å². The quantitative estimate of drug-likeness (QED) is 0.709. The van der Waals surface area contributed by atoms with E-state index in [4.69, 9.17) is 4.74 Å². The van der Waals surface area contributed by atoms with Crippen molar-refractivity contribution in [3.63, 3.8) is 0 Å². The summed E-state index contributed by atoms with van der Waals surface area (Å²) in [5, 5.41) is 0. The first-order valence-corrected chi connectivity index (χ1v) is 10.7. The zero-order valence-electron chi connectivity index (χ0n) is 15.6. The van der Waals surface area contributed by atoms with E-state index in [1.165, 1.54) is 11.8 Å². The first kappa shape index (κ1) is 19.3. The Hall–Kier alpha value is -2.42. The maximum atomic E-state index is 12.7. The van der Waals surface area contributed by atoms with Gasteiger partial charge in [-0.05, 0) is 44.9 Å². The molecule has 9 heteroatoms. The normalized spacial score (nSPS) is 19.7. The number of imidazole rings is 1. The van der Waals surface area contributed by atoms with Crippen molar-refractivity contribution in [1.29, 1.82) is 0 Å². The molecule has 1 saturated heterocycles. The smallest absolute Gasteiger partial charge is 0.359 e. The molecule has 1 amide bonds. The molecule has 3 heterocycles. The fourth-order valence-electron chi connectivity index (χ4n) is 3.30. The highest BCUT2D eigenvalue weighted by Crippen LogP contribution is 2.19. The maximum absolute atomic E-state index is 12.7. The van der Waals surface area contributed by atoms with Crippen LogP contribution in [0.15, 0.2) is 24.5 Å². The Kier molecular flexibility index (Phi) is 5.23. The van der Waals surface area contributed by atoms with Crippen LogP contribution in [-0.4, -0.2) is 64.8 Å². The molecular formula is C18H23N3O5S. The molecule has 1 aliphatic rings. The lowest BCUT2D eigenvalue weighted by molar-refractivity contribution is -0.141. The van der Waals surface area contributed by atoms with Gasteiger partial charge in [0, 0.05) is 25.0 Å². The average Bonchev–Trinajstić information content (AvgIpc) is 3.18. The lowest BCUT2D eigenvalue weighted by atomic mass is 10.2. The molecule has 0 saturated carbocycles. The Morgan fingerprint density at radius 3 is 2.81 bits per heavy atom. The number of nitrogens with zero attached hydrogens (tertiary/aromatic N) is 3. The number of aryl methyl sites for hydroxylation is 1. The average molecular weight is 393 g/mol. The van der Waals surface area contributed by atoms with Crippen molar-refractivity contribution in [2.75, 3.05) is 18.1 Å². The second kappa shape index (κ2) is 7.30. The van der Waals surface area contributed by atoms with Crippen LogP contribution in [0.1, 0.15) is 36.3 Å². The summed E-state index contributed by atoms with van der Waals surface area (Å²) in [6.07, 6.45) is 2.74. The molecule has 8 nitrogen and oxygen atoms in total. The van der Waals surface area contributed by atoms with Gasteiger partial charge in [0.15, 0.2) is 21.6 Å². The molecule has 0 N–H and O–H groups in total. The minimum atomic E-state index is -3.11. The van der Waals surface area contributed by atoms with Gasteiger partial charge in [-0.3, -0.25) is 4.79 Å². The largest absolute Gasteiger partial charge is 0.448 e. The fraction of sp³-hybridized carbons (Fsp3) is 0.500. The summed E-state index contributed by atoms with van der Waals surface area (Å²) in [6.45, 7) is 5.55. The number of fused-ring (bicyclic) bond motifs is 1. The van der Waals surface area contributed by atoms with Gasteiger partial charge in [0.2, 0.25) is 0 Å². The number of hydrogen-bond acceptors (Lipinski definition) is 6. The first-order chi connectivity index (χ1) is 12.7. The Bertz CT molecular complexity index is 982. The predicted molar refractivity (Wildman–Crippen MR) is 99.3 cm³/mol. The van der Waals surface area contributed by atoms with E-state index in [2.05, 4.69) is 4.98 Å². The number of amides is 1. The molecule has 0 spiro atoms. The molecule has 0 aromatic carbocycles. The summed E-state index contributed by atoms with van der Waals surface area (Å²) in [5.74, 6) is -1.05. The monoisotopic (exact) mass is 393 g/mol. The summed E-state index contributed by atoms with van der Waals surface area (Å²) < 4.78 is 30.4. The molecule has 1 fully saturated rings. The second-order valence-electron chi connectivity index (χ2n) is 6.82. The Morgan fingerprint density at radius 2 is 2.19 bits per heavy atom. The van der Waals surface area contributed by atoms with E-state index >= 15 is 0 Å². The van der Waals surface area contributed by atoms with Crippen LogP contribution in [0, 0.1) is 6.92 Å². The van der Waals surface area contributed by atoms with Crippen molar-refractivity contribution in [3.05, 3.63) is 35.8 Å². The molecule has 2 aromatic heterocycles. The van der Waals surface area contributed by atoms with E-state index in [0.717, 1.165) is 5.56 Å². The number of carbonyl (C=O) groups excluding carboxylic acids is 2. The predicted octanol–water partition coefficient (Wildman–Crippen LogP) is 1.22. The van der Waals surface area contributed by atoms with Crippen molar-refractivity contribution < 1.29 is 22.7 Å². The van der Waals surface area contributed by atoms with Crippen LogP contribution < -0.4 is 0 Å². The van der Waals surface area contributed by atoms with Crippen molar-refractivity contribution in [3.8, 4) is 0 Å². The number of sulfone groups is 1. The number of likely N-dealkylation sites (N-methyl/N-ethyl adjacent to an activating group) is 1. The molecular weight excluding hydrogens is 370 g/mol. The van der Waals surface area contributed by atoms with Crippen LogP contribution in [0.4, 0.5) is 0 Å². The summed E-state index contributed by atoms with van der Waals surface area (Å²) in [4.78, 5) is 30.8. The number of pyridine rings is 1. The lowest BCUT2D eigenvalue weighted by Crippen LogP contribution is -2.46. The Balaban J connectivity index is 1.69. The Labute approximate surface area is 158 Å². The van der Waals surface area contributed by atoms with E-state index in [0.29, 0.717) is 18.6 Å². The van der Waals surface area contributed by atoms with Crippen molar-refractivity contribution in [2.24, 2.45) is 0 Å². The SMILES string of the molecule is CCN(C(=O)C(C)OC(=O)c1cn2ccc(C)cc2n1)C1CCS(=O)(=O)C1. The van der Waals surface area contributed by atoms with Crippen LogP contribution in [0.2, 0.25) is 0 Å². The van der Waals surface area contributed by atoms with E-state index in [9.17, 15) is 18.0 Å². The summed E-state index contributed by atoms with van der Waals surface area (Å²) in [5.41, 5.74) is 1.75. The van der Waals surface area contributed by atoms with E-state index < -0.39 is 27.8 Å². The van der Waals surface area contributed by atoms with Gasteiger partial charge in [-0.25, -0.2) is 18.2 Å². The topological polar surface area (TPSA) is 98.0 Å². The first-order valence-electron chi connectivity index (χ1n) is 8.87. The molecule has 1 aliphatic heterocycles. The number of rotatable bonds is 5. The van der Waals surface area contributed by atoms with Crippen LogP contribution in [0.5, 0.6) is 0 Å². The summed E-state index contributed by atoms with van der Waals surface area (Å²) in [7, 11) is -3.11. The van der Waals surface area contributed by atoms with E-state index in [-0.39, 0.29) is 23.2 Å². The van der Waals surface area contributed by atoms with Crippen molar-refractivity contribution >= 4 is 27.4 Å². The van der Waals surface area contributed by atoms with Crippen molar-refractivity contribution in [1.82, 2.24) is 14.3 Å². The summed E-state index contributed by atoms with van der Waals surface area (Å²) in [6, 6.07) is 3.36. The third kappa shape index (κ3) is 4.13. The molecule has 2 unspecified atom stereocenters. The number of esters is 1. The van der Waals surface area contributed by atoms with Gasteiger partial charge in [-0.1, -0.05) is 0 Å². The molecule has 0 radical (unpaired) electrons. The van der Waals surface area contributed by atoms with Gasteiger partial charge < -0.3 is 14.0 Å². The summed E-state index contributed by atoms with van der Waals surface area (Å²) >= 11 is 0. The highest BCUT2D eigenvalue weighted by Gasteiger charge is 2.36. The number of aromatic nitrogens is 2. The number of ether oxygens (including phenoxy) is 1. The second-order valence-corrected chi connectivity index (χ2v) is 9.05. The molecule has 2 atom stereocenters. The number of carbonyl (C=O) groups is 2. The number of hydrogen-bond donors (Lipinski definition) is 0. The van der Waals surface area contributed by atoms with Crippen LogP contribution in [0.3, 0.4) is 0 Å². The zero-order valence-corrected chi connectivity index (χ0v) is 16.4. The van der Waals surface area contributed by atoms with Crippen LogP contribution in [0.25, 0.3) is 5.65 Å². The maximum Gasteiger partial charge on any atom is 0.359 e. The van der Waals surface area contributed by atoms with Gasteiger partial charge in [-0.15, -0.1) is 0 Å². The molecule has 146 valence electrons. The zero-order chi connectivity index (χ0) is 19.8. The third-order valence-electron chi connectivity index (χ3n) is 4.73. The van der Waals surface area contributed by atoms with Gasteiger partial charge in [0.05, 0.1) is 11.5 Å². The fourth-order valence-corrected chi connectivity index (χ4v) is 5.03. The molecule has 0 bridgehead atoms. The minimum absolute atomic E-state index is 0.0426. The van der Waals surface area contributed by atoms with E-state index in [1.807, 2.05) is 19.1 Å². The molecule has 0 aliphatic carbocycles. The van der Waals surface area contributed by atoms with Gasteiger partial charge in [-0.2, -0.15) is 0 Å². The lowest BCUT2D eigenvalue weighted by Gasteiger charge is -2.29. The highest BCUT2D eigenvalue weighted by molar-refractivity contribution is 7.91. The van der Waals surface area contributed by atoms with Gasteiger partial charge in [0.25, 0.3) is 5.91 Å². The van der Waals surface area contributed by atoms with E-state index in [1.54, 1.807) is 23.7 Å². The van der Waals surface area contributed by atoms with Crippen LogP contribution in [-0.2, 0) is 19.4 Å². The van der Waals surface area contributed by atoms with Gasteiger partial charge >= 0.3 is 5.97 Å². The standard InChI is InChI=1S/C18H23N3O5S/c1-4-21(14-6-8-27(24,25)11-14)17(22)13(3)26-18(23)15-10-20-7-5-12(2)9-16(20)19-15/h5,7,9-10,13-14H,4,6,8,11H2,1-3H3.